The first kappa shape index (κ1) is 15.3. The zero-order valence-electron chi connectivity index (χ0n) is 12.0. The quantitative estimate of drug-likeness (QED) is 0.903. The number of halogens is 1. The lowest BCUT2D eigenvalue weighted by molar-refractivity contribution is 0.0766. The minimum Gasteiger partial charge on any atom is -0.338 e. The highest BCUT2D eigenvalue weighted by Gasteiger charge is 2.26. The number of carbonyl (C=O) groups is 1. The second-order valence-electron chi connectivity index (χ2n) is 5.46. The molecule has 2 aliphatic rings. The number of carbonyl (C=O) groups excluding carboxylic acids is 1. The molecule has 2 aliphatic heterocycles. The molecule has 5 nitrogen and oxygen atoms in total. The van der Waals surface area contributed by atoms with Crippen molar-refractivity contribution >= 4 is 18.3 Å². The van der Waals surface area contributed by atoms with E-state index in [1.165, 1.54) is 12.8 Å². The molecule has 1 aromatic rings. The Morgan fingerprint density at radius 2 is 2.25 bits per heavy atom. The van der Waals surface area contributed by atoms with Gasteiger partial charge in [0.1, 0.15) is 5.69 Å². The molecule has 0 aliphatic carbocycles. The van der Waals surface area contributed by atoms with E-state index in [1.54, 1.807) is 0 Å². The normalized spacial score (nSPS) is 22.9. The molecule has 3 heterocycles. The molecule has 6 heteroatoms. The van der Waals surface area contributed by atoms with Crippen LogP contribution < -0.4 is 5.32 Å². The lowest BCUT2D eigenvalue weighted by atomic mass is 9.96. The smallest absolute Gasteiger partial charge is 0.272 e. The van der Waals surface area contributed by atoms with E-state index in [4.69, 9.17) is 0 Å². The Hall–Kier alpha value is -1.07. The summed E-state index contributed by atoms with van der Waals surface area (Å²) in [6, 6.07) is 2.02. The maximum Gasteiger partial charge on any atom is 0.272 e. The van der Waals surface area contributed by atoms with Crippen molar-refractivity contribution in [2.45, 2.75) is 38.6 Å². The summed E-state index contributed by atoms with van der Waals surface area (Å²) in [6.45, 7) is 6.62. The average molecular weight is 299 g/mol. The Kier molecular flexibility index (Phi) is 5.05. The van der Waals surface area contributed by atoms with Gasteiger partial charge in [0.05, 0.1) is 5.69 Å². The standard InChI is InChI=1S/C14H22N4O.ClH/c1-2-17-7-4-8-18-13(14(17)19)9-12(16-18)11-5-3-6-15-10-11;/h9,11,15H,2-8,10H2,1H3;1H. The van der Waals surface area contributed by atoms with Crippen LogP contribution in [0.1, 0.15) is 48.3 Å². The zero-order valence-corrected chi connectivity index (χ0v) is 12.8. The fourth-order valence-electron chi connectivity index (χ4n) is 3.06. The van der Waals surface area contributed by atoms with Crippen LogP contribution in [0.2, 0.25) is 0 Å². The van der Waals surface area contributed by atoms with Gasteiger partial charge in [-0.25, -0.2) is 0 Å². The summed E-state index contributed by atoms with van der Waals surface area (Å²) in [5.41, 5.74) is 1.87. The van der Waals surface area contributed by atoms with Gasteiger partial charge in [-0.3, -0.25) is 9.48 Å². The highest BCUT2D eigenvalue weighted by molar-refractivity contribution is 5.93. The minimum absolute atomic E-state index is 0. The van der Waals surface area contributed by atoms with E-state index in [0.717, 1.165) is 50.5 Å². The van der Waals surface area contributed by atoms with E-state index in [9.17, 15) is 4.79 Å². The summed E-state index contributed by atoms with van der Waals surface area (Å²) >= 11 is 0. The Morgan fingerprint density at radius 1 is 1.40 bits per heavy atom. The van der Waals surface area contributed by atoms with Crippen LogP contribution in [0.4, 0.5) is 0 Å². The number of nitrogens with one attached hydrogen (secondary N) is 1. The maximum absolute atomic E-state index is 12.4. The van der Waals surface area contributed by atoms with Gasteiger partial charge >= 0.3 is 0 Å². The summed E-state index contributed by atoms with van der Waals surface area (Å²) in [6.07, 6.45) is 3.37. The van der Waals surface area contributed by atoms with E-state index in [1.807, 2.05) is 22.6 Å². The number of amides is 1. The SMILES string of the molecule is CCN1CCCn2nc(C3CCCNC3)cc2C1=O.Cl. The van der Waals surface area contributed by atoms with E-state index in [0.29, 0.717) is 5.92 Å². The van der Waals surface area contributed by atoms with Gasteiger partial charge in [-0.05, 0) is 38.8 Å². The first-order valence-corrected chi connectivity index (χ1v) is 7.37. The Labute approximate surface area is 126 Å². The van der Waals surface area contributed by atoms with Gasteiger partial charge < -0.3 is 10.2 Å². The molecular weight excluding hydrogens is 276 g/mol. The molecule has 1 N–H and O–H groups in total. The molecule has 112 valence electrons. The molecule has 0 saturated carbocycles. The van der Waals surface area contributed by atoms with Gasteiger partial charge in [-0.15, -0.1) is 12.4 Å². The van der Waals surface area contributed by atoms with Crippen molar-refractivity contribution in [2.24, 2.45) is 0 Å². The highest BCUT2D eigenvalue weighted by Crippen LogP contribution is 2.24. The molecule has 1 unspecified atom stereocenters. The lowest BCUT2D eigenvalue weighted by Crippen LogP contribution is -2.30. The molecule has 0 aromatic carbocycles. The van der Waals surface area contributed by atoms with Crippen LogP contribution in [-0.4, -0.2) is 46.8 Å². The van der Waals surface area contributed by atoms with Crippen molar-refractivity contribution in [1.29, 1.82) is 0 Å². The molecule has 1 aromatic heterocycles. The number of hydrogen-bond acceptors (Lipinski definition) is 3. The molecule has 3 rings (SSSR count). The number of rotatable bonds is 2. The number of piperidine rings is 1. The van der Waals surface area contributed by atoms with Gasteiger partial charge in [-0.1, -0.05) is 0 Å². The molecule has 1 atom stereocenters. The fraction of sp³-hybridized carbons (Fsp3) is 0.714. The van der Waals surface area contributed by atoms with Crippen molar-refractivity contribution in [2.75, 3.05) is 26.2 Å². The summed E-state index contributed by atoms with van der Waals surface area (Å²) in [5, 5.41) is 8.10. The van der Waals surface area contributed by atoms with Crippen LogP contribution in [0.3, 0.4) is 0 Å². The van der Waals surface area contributed by atoms with Crippen LogP contribution >= 0.6 is 12.4 Å². The highest BCUT2D eigenvalue weighted by atomic mass is 35.5. The zero-order chi connectivity index (χ0) is 13.2. The largest absolute Gasteiger partial charge is 0.338 e. The molecule has 0 spiro atoms. The summed E-state index contributed by atoms with van der Waals surface area (Å²) < 4.78 is 1.92. The van der Waals surface area contributed by atoms with Crippen molar-refractivity contribution in [3.05, 3.63) is 17.5 Å². The molecule has 0 radical (unpaired) electrons. The molecule has 20 heavy (non-hydrogen) atoms. The van der Waals surface area contributed by atoms with E-state index in [-0.39, 0.29) is 18.3 Å². The van der Waals surface area contributed by atoms with Crippen LogP contribution in [0.15, 0.2) is 6.07 Å². The van der Waals surface area contributed by atoms with E-state index < -0.39 is 0 Å². The number of aromatic nitrogens is 2. The van der Waals surface area contributed by atoms with Crippen molar-refractivity contribution < 1.29 is 4.79 Å². The Balaban J connectivity index is 0.00000147. The van der Waals surface area contributed by atoms with Crippen LogP contribution in [0, 0.1) is 0 Å². The first-order valence-electron chi connectivity index (χ1n) is 7.37. The van der Waals surface area contributed by atoms with Gasteiger partial charge in [0, 0.05) is 32.1 Å². The van der Waals surface area contributed by atoms with Gasteiger partial charge in [0.25, 0.3) is 5.91 Å². The number of fused-ring (bicyclic) bond motifs is 1. The molecular formula is C14H23ClN4O. The summed E-state index contributed by atoms with van der Waals surface area (Å²) in [7, 11) is 0. The second-order valence-corrected chi connectivity index (χ2v) is 5.46. The van der Waals surface area contributed by atoms with E-state index in [2.05, 4.69) is 10.4 Å². The monoisotopic (exact) mass is 298 g/mol. The van der Waals surface area contributed by atoms with Crippen molar-refractivity contribution in [1.82, 2.24) is 20.0 Å². The Morgan fingerprint density at radius 3 is 2.95 bits per heavy atom. The molecule has 1 fully saturated rings. The lowest BCUT2D eigenvalue weighted by Gasteiger charge is -2.21. The number of hydrogen-bond donors (Lipinski definition) is 1. The van der Waals surface area contributed by atoms with E-state index >= 15 is 0 Å². The second kappa shape index (κ2) is 6.59. The number of nitrogens with zero attached hydrogens (tertiary/aromatic N) is 3. The van der Waals surface area contributed by atoms with Gasteiger partial charge in [0.2, 0.25) is 0 Å². The van der Waals surface area contributed by atoms with Gasteiger partial charge in [-0.2, -0.15) is 5.10 Å². The predicted octanol–water partition coefficient (Wildman–Crippen LogP) is 1.64. The maximum atomic E-state index is 12.4. The van der Waals surface area contributed by atoms with Crippen LogP contribution in [0.5, 0.6) is 0 Å². The summed E-state index contributed by atoms with van der Waals surface area (Å²) in [4.78, 5) is 14.3. The Bertz CT molecular complexity index is 468. The van der Waals surface area contributed by atoms with Crippen molar-refractivity contribution in [3.63, 3.8) is 0 Å². The van der Waals surface area contributed by atoms with Crippen molar-refractivity contribution in [3.8, 4) is 0 Å². The topological polar surface area (TPSA) is 50.2 Å². The fourth-order valence-corrected chi connectivity index (χ4v) is 3.06. The molecule has 1 amide bonds. The van der Waals surface area contributed by atoms with Crippen LogP contribution in [-0.2, 0) is 6.54 Å². The molecule has 1 saturated heterocycles. The van der Waals surface area contributed by atoms with Crippen LogP contribution in [0.25, 0.3) is 0 Å². The third-order valence-electron chi connectivity index (χ3n) is 4.20. The minimum atomic E-state index is 0. The predicted molar refractivity (Wildman–Crippen MR) is 80.5 cm³/mol. The molecule has 0 bridgehead atoms. The summed E-state index contributed by atoms with van der Waals surface area (Å²) in [5.74, 6) is 0.610. The third kappa shape index (κ3) is 2.83. The first-order chi connectivity index (χ1) is 9.29. The average Bonchev–Trinajstić information content (AvgIpc) is 2.82. The van der Waals surface area contributed by atoms with Gasteiger partial charge in [0.15, 0.2) is 0 Å². The number of aryl methyl sites for hydroxylation is 1. The third-order valence-corrected chi connectivity index (χ3v) is 4.20.